The number of nitrogens with one attached hydrogen (secondary N) is 2. The van der Waals surface area contributed by atoms with E-state index in [1.54, 1.807) is 12.1 Å². The lowest BCUT2D eigenvalue weighted by Crippen LogP contribution is -2.25. The normalized spacial score (nSPS) is 9.33. The van der Waals surface area contributed by atoms with Gasteiger partial charge in [-0.05, 0) is 18.2 Å². The Balaban J connectivity index is 2.90. The molecule has 0 aliphatic carbocycles. The van der Waals surface area contributed by atoms with Crippen LogP contribution >= 0.6 is 0 Å². The van der Waals surface area contributed by atoms with Crippen molar-refractivity contribution in [3.63, 3.8) is 0 Å². The molecule has 0 aliphatic heterocycles. The molecule has 1 rings (SSSR count). The Bertz CT molecular complexity index is 402. The molecule has 5 nitrogen and oxygen atoms in total. The van der Waals surface area contributed by atoms with Crippen molar-refractivity contribution in [3.8, 4) is 0 Å². The summed E-state index contributed by atoms with van der Waals surface area (Å²) in [5.41, 5.74) is 6.86. The number of carbonyl (C=O) groups is 2. The van der Waals surface area contributed by atoms with Crippen molar-refractivity contribution in [1.29, 1.82) is 5.41 Å². The van der Waals surface area contributed by atoms with Gasteiger partial charge in [-0.3, -0.25) is 4.79 Å². The first-order valence-corrected chi connectivity index (χ1v) is 4.31. The fraction of sp³-hybridized carbons (Fsp3) is 0.100. The van der Waals surface area contributed by atoms with Crippen molar-refractivity contribution in [2.45, 2.75) is 0 Å². The van der Waals surface area contributed by atoms with E-state index in [4.69, 9.17) is 11.1 Å². The number of benzene rings is 1. The number of nitrogens with two attached hydrogens (primary N) is 1. The van der Waals surface area contributed by atoms with Gasteiger partial charge in [0.05, 0.1) is 6.54 Å². The molecule has 5 heteroatoms. The third-order valence-electron chi connectivity index (χ3n) is 1.85. The smallest absolute Gasteiger partial charge is 0.251 e. The maximum atomic E-state index is 11.4. The van der Waals surface area contributed by atoms with Crippen LogP contribution in [0.4, 0.5) is 5.69 Å². The third kappa shape index (κ3) is 2.63. The predicted molar refractivity (Wildman–Crippen MR) is 57.1 cm³/mol. The van der Waals surface area contributed by atoms with Crippen LogP contribution in [0, 0.1) is 5.41 Å². The zero-order valence-electron chi connectivity index (χ0n) is 7.99. The van der Waals surface area contributed by atoms with E-state index in [1.165, 1.54) is 6.07 Å². The largest absolute Gasteiger partial charge is 0.398 e. The molecule has 0 radical (unpaired) electrons. The molecule has 0 bridgehead atoms. The SMILES string of the molecule is N=Cc1cc(C(=O)NCC=O)ccc1N. The highest BCUT2D eigenvalue weighted by molar-refractivity contribution is 5.98. The van der Waals surface area contributed by atoms with Gasteiger partial charge in [-0.2, -0.15) is 0 Å². The Labute approximate surface area is 86.8 Å². The van der Waals surface area contributed by atoms with Crippen LogP contribution in [0.2, 0.25) is 0 Å². The van der Waals surface area contributed by atoms with Gasteiger partial charge in [-0.15, -0.1) is 0 Å². The van der Waals surface area contributed by atoms with Gasteiger partial charge in [0.1, 0.15) is 6.29 Å². The molecule has 0 saturated heterocycles. The third-order valence-corrected chi connectivity index (χ3v) is 1.85. The number of nitrogen functional groups attached to an aromatic ring is 1. The second-order valence-corrected chi connectivity index (χ2v) is 2.86. The first-order valence-electron chi connectivity index (χ1n) is 4.31. The van der Waals surface area contributed by atoms with Crippen LogP contribution < -0.4 is 11.1 Å². The first kappa shape index (κ1) is 10.9. The summed E-state index contributed by atoms with van der Waals surface area (Å²) in [4.78, 5) is 21.4. The number of hydrogen-bond acceptors (Lipinski definition) is 4. The highest BCUT2D eigenvalue weighted by Crippen LogP contribution is 2.11. The average Bonchev–Trinajstić information content (AvgIpc) is 2.26. The first-order chi connectivity index (χ1) is 7.19. The van der Waals surface area contributed by atoms with E-state index in [0.717, 1.165) is 6.21 Å². The maximum absolute atomic E-state index is 11.4. The number of carbonyl (C=O) groups excluding carboxylic acids is 2. The molecule has 15 heavy (non-hydrogen) atoms. The van der Waals surface area contributed by atoms with Crippen LogP contribution in [0.5, 0.6) is 0 Å². The topological polar surface area (TPSA) is 96.0 Å². The predicted octanol–water partition coefficient (Wildman–Crippen LogP) is 0.195. The number of anilines is 1. The fourth-order valence-corrected chi connectivity index (χ4v) is 1.08. The molecule has 0 aromatic heterocycles. The van der Waals surface area contributed by atoms with Crippen molar-refractivity contribution in [3.05, 3.63) is 29.3 Å². The minimum atomic E-state index is -0.356. The minimum Gasteiger partial charge on any atom is -0.398 e. The Kier molecular flexibility index (Phi) is 3.56. The van der Waals surface area contributed by atoms with E-state index >= 15 is 0 Å². The summed E-state index contributed by atoms with van der Waals surface area (Å²) in [5.74, 6) is -0.356. The Morgan fingerprint density at radius 3 is 2.87 bits per heavy atom. The van der Waals surface area contributed by atoms with Gasteiger partial charge in [0.25, 0.3) is 5.91 Å². The fourth-order valence-electron chi connectivity index (χ4n) is 1.08. The molecule has 0 aliphatic rings. The molecule has 0 saturated carbocycles. The molecular weight excluding hydrogens is 194 g/mol. The Morgan fingerprint density at radius 2 is 2.27 bits per heavy atom. The molecular formula is C10H11N3O2. The molecule has 0 unspecified atom stereocenters. The summed E-state index contributed by atoms with van der Waals surface area (Å²) in [6, 6.07) is 4.60. The van der Waals surface area contributed by atoms with Crippen molar-refractivity contribution >= 4 is 24.1 Å². The molecule has 78 valence electrons. The van der Waals surface area contributed by atoms with E-state index in [-0.39, 0.29) is 12.5 Å². The zero-order chi connectivity index (χ0) is 11.3. The van der Waals surface area contributed by atoms with Crippen molar-refractivity contribution in [2.75, 3.05) is 12.3 Å². The minimum absolute atomic E-state index is 0.0247. The van der Waals surface area contributed by atoms with Crippen LogP contribution in [0.1, 0.15) is 15.9 Å². The number of amides is 1. The molecule has 0 spiro atoms. The average molecular weight is 205 g/mol. The van der Waals surface area contributed by atoms with Crippen molar-refractivity contribution in [2.24, 2.45) is 0 Å². The van der Waals surface area contributed by atoms with E-state index in [9.17, 15) is 9.59 Å². The van der Waals surface area contributed by atoms with Crippen molar-refractivity contribution < 1.29 is 9.59 Å². The summed E-state index contributed by atoms with van der Waals surface area (Å²) in [7, 11) is 0. The molecule has 0 heterocycles. The van der Waals surface area contributed by atoms with Gasteiger partial charge in [0, 0.05) is 23.0 Å². The lowest BCUT2D eigenvalue weighted by molar-refractivity contribution is -0.107. The highest BCUT2D eigenvalue weighted by Gasteiger charge is 2.06. The van der Waals surface area contributed by atoms with Crippen LogP contribution in [-0.2, 0) is 4.79 Å². The summed E-state index contributed by atoms with van der Waals surface area (Å²) < 4.78 is 0. The second-order valence-electron chi connectivity index (χ2n) is 2.86. The van der Waals surface area contributed by atoms with Gasteiger partial charge >= 0.3 is 0 Å². The molecule has 0 atom stereocenters. The Morgan fingerprint density at radius 1 is 1.53 bits per heavy atom. The van der Waals surface area contributed by atoms with Crippen LogP contribution in [0.25, 0.3) is 0 Å². The number of aldehydes is 1. The quantitative estimate of drug-likeness (QED) is 0.372. The van der Waals surface area contributed by atoms with E-state index in [2.05, 4.69) is 5.32 Å². The van der Waals surface area contributed by atoms with Gasteiger partial charge in [-0.25, -0.2) is 0 Å². The van der Waals surface area contributed by atoms with Crippen LogP contribution in [-0.4, -0.2) is 25.0 Å². The maximum Gasteiger partial charge on any atom is 0.251 e. The molecule has 4 N–H and O–H groups in total. The molecule has 1 amide bonds. The van der Waals surface area contributed by atoms with Gasteiger partial charge in [-0.1, -0.05) is 0 Å². The van der Waals surface area contributed by atoms with E-state index in [1.807, 2.05) is 0 Å². The molecule has 0 fully saturated rings. The van der Waals surface area contributed by atoms with Gasteiger partial charge in [0.2, 0.25) is 0 Å². The number of hydrogen-bond donors (Lipinski definition) is 3. The monoisotopic (exact) mass is 205 g/mol. The standard InChI is InChI=1S/C10H11N3O2/c11-6-8-5-7(1-2-9(8)12)10(15)13-3-4-14/h1-2,4-6,11H,3,12H2,(H,13,15). The molecule has 1 aromatic carbocycles. The number of rotatable bonds is 4. The van der Waals surface area contributed by atoms with E-state index < -0.39 is 0 Å². The second kappa shape index (κ2) is 4.90. The Hall–Kier alpha value is -2.17. The van der Waals surface area contributed by atoms with Crippen LogP contribution in [0.15, 0.2) is 18.2 Å². The summed E-state index contributed by atoms with van der Waals surface area (Å²) in [5, 5.41) is 9.46. The lowest BCUT2D eigenvalue weighted by Gasteiger charge is -2.04. The van der Waals surface area contributed by atoms with Gasteiger partial charge < -0.3 is 21.3 Å². The molecule has 1 aromatic rings. The zero-order valence-corrected chi connectivity index (χ0v) is 7.99. The highest BCUT2D eigenvalue weighted by atomic mass is 16.2. The summed E-state index contributed by atoms with van der Waals surface area (Å²) in [6.07, 6.45) is 1.68. The van der Waals surface area contributed by atoms with E-state index in [0.29, 0.717) is 23.1 Å². The van der Waals surface area contributed by atoms with Crippen molar-refractivity contribution in [1.82, 2.24) is 5.32 Å². The van der Waals surface area contributed by atoms with Crippen LogP contribution in [0.3, 0.4) is 0 Å². The summed E-state index contributed by atoms with van der Waals surface area (Å²) in [6.45, 7) is -0.0247. The summed E-state index contributed by atoms with van der Waals surface area (Å²) >= 11 is 0. The lowest BCUT2D eigenvalue weighted by atomic mass is 10.1. The van der Waals surface area contributed by atoms with Gasteiger partial charge in [0.15, 0.2) is 0 Å².